The lowest BCUT2D eigenvalue weighted by Crippen LogP contribution is -2.23. The van der Waals surface area contributed by atoms with Crippen LogP contribution in [0.25, 0.3) is 0 Å². The van der Waals surface area contributed by atoms with Crippen LogP contribution in [0.5, 0.6) is 23.0 Å². The maximum Gasteiger partial charge on any atom is 0.303 e. The highest BCUT2D eigenvalue weighted by molar-refractivity contribution is 6.18. The number of fused-ring (bicyclic) bond motifs is 8. The summed E-state index contributed by atoms with van der Waals surface area (Å²) in [6.07, 6.45) is -2.42. The van der Waals surface area contributed by atoms with Gasteiger partial charge in [-0.15, -0.1) is 0 Å². The Labute approximate surface area is 367 Å². The van der Waals surface area contributed by atoms with Gasteiger partial charge in [-0.25, -0.2) is 0 Å². The van der Waals surface area contributed by atoms with Crippen molar-refractivity contribution in [1.82, 2.24) is 0 Å². The van der Waals surface area contributed by atoms with Gasteiger partial charge in [0.2, 0.25) is 11.6 Å². The third kappa shape index (κ3) is 9.11. The van der Waals surface area contributed by atoms with Crippen LogP contribution in [0.15, 0.2) is 48.5 Å². The molecule has 1 aliphatic rings. The first kappa shape index (κ1) is 47.4. The van der Waals surface area contributed by atoms with E-state index in [9.17, 15) is 9.59 Å². The molecule has 332 valence electrons. The van der Waals surface area contributed by atoms with Crippen molar-refractivity contribution in [1.29, 1.82) is 0 Å². The molecule has 4 aromatic rings. The number of rotatable bonds is 6. The summed E-state index contributed by atoms with van der Waals surface area (Å²) >= 11 is 0. The van der Waals surface area contributed by atoms with Crippen LogP contribution >= 0.6 is 0 Å². The predicted molar refractivity (Wildman–Crippen MR) is 241 cm³/mol. The predicted octanol–water partition coefficient (Wildman–Crippen LogP) is 11.0. The molecule has 0 spiro atoms. The first-order valence-electron chi connectivity index (χ1n) is 20.9. The van der Waals surface area contributed by atoms with Crippen LogP contribution in [0, 0.1) is 0 Å². The number of methoxy groups -OCH3 is 4. The summed E-state index contributed by atoms with van der Waals surface area (Å²) < 4.78 is 37.6. The van der Waals surface area contributed by atoms with Gasteiger partial charge >= 0.3 is 11.9 Å². The van der Waals surface area contributed by atoms with E-state index in [4.69, 9.17) is 28.4 Å². The molecule has 0 aliphatic heterocycles. The summed E-state index contributed by atoms with van der Waals surface area (Å²) in [5, 5.41) is 0. The van der Waals surface area contributed by atoms with E-state index >= 15 is 9.59 Å². The SMILES string of the molecule is COc1c2cc(C(C)(C)C)cc1C(=O)c1cc(C(C)(C)C)cc(c1OC)[C@H](OC(C)=O)c1cc(C(C)(C)C)cc(c1OC)[C@H](OC(C)=O)c1cc(C(C)(C)C)cc(c1OC)C2=O. The molecule has 4 aromatic carbocycles. The number of ketones is 2. The summed E-state index contributed by atoms with van der Waals surface area (Å²) in [7, 11) is 5.85. The van der Waals surface area contributed by atoms with Crippen LogP contribution < -0.4 is 18.9 Å². The summed E-state index contributed by atoms with van der Waals surface area (Å²) in [5.41, 5.74) is 3.06. The Morgan fingerprint density at radius 1 is 0.387 bits per heavy atom. The summed E-state index contributed by atoms with van der Waals surface area (Å²) in [5.74, 6) is -1.53. The zero-order chi connectivity index (χ0) is 46.6. The normalized spacial score (nSPS) is 15.8. The molecule has 0 fully saturated rings. The average Bonchev–Trinajstić information content (AvgIpc) is 3.17. The summed E-state index contributed by atoms with van der Waals surface area (Å²) in [4.78, 5) is 57.9. The van der Waals surface area contributed by atoms with Crippen molar-refractivity contribution in [3.05, 3.63) is 115 Å². The molecule has 10 heteroatoms. The molecule has 0 amide bonds. The highest BCUT2D eigenvalue weighted by atomic mass is 16.6. The van der Waals surface area contributed by atoms with Crippen molar-refractivity contribution < 1.29 is 47.6 Å². The molecule has 10 nitrogen and oxygen atoms in total. The number of hydrogen-bond donors (Lipinski definition) is 0. The maximum absolute atomic E-state index is 15.6. The zero-order valence-electron chi connectivity index (χ0n) is 39.9. The number of benzene rings is 4. The van der Waals surface area contributed by atoms with Crippen molar-refractivity contribution in [2.45, 2.75) is 131 Å². The second-order valence-corrected chi connectivity index (χ2v) is 20.2. The molecule has 0 N–H and O–H groups in total. The Hall–Kier alpha value is -5.64. The number of ether oxygens (including phenoxy) is 6. The molecule has 0 radical (unpaired) electrons. The number of esters is 2. The fourth-order valence-electron chi connectivity index (χ4n) is 7.91. The summed E-state index contributed by atoms with van der Waals surface area (Å²) in [6, 6.07) is 14.7. The van der Waals surface area contributed by atoms with Gasteiger partial charge in [-0.05, 0) is 92.4 Å². The molecule has 2 atom stereocenters. The Kier molecular flexibility index (Phi) is 12.9. The highest BCUT2D eigenvalue weighted by Gasteiger charge is 2.39. The number of hydrogen-bond acceptors (Lipinski definition) is 10. The zero-order valence-corrected chi connectivity index (χ0v) is 39.9. The smallest absolute Gasteiger partial charge is 0.303 e. The van der Waals surface area contributed by atoms with Crippen LogP contribution in [-0.4, -0.2) is 51.9 Å². The number of carbonyl (C=O) groups is 4. The van der Waals surface area contributed by atoms with Gasteiger partial charge in [0.1, 0.15) is 23.0 Å². The topological polar surface area (TPSA) is 124 Å². The molecular weight excluding hydrogens is 785 g/mol. The monoisotopic (exact) mass is 848 g/mol. The minimum atomic E-state index is -1.21. The van der Waals surface area contributed by atoms with Gasteiger partial charge < -0.3 is 28.4 Å². The first-order chi connectivity index (χ1) is 28.6. The lowest BCUT2D eigenvalue weighted by Gasteiger charge is -2.32. The van der Waals surface area contributed by atoms with Gasteiger partial charge in [-0.3, -0.25) is 19.2 Å². The van der Waals surface area contributed by atoms with Gasteiger partial charge in [0.25, 0.3) is 0 Å². The van der Waals surface area contributed by atoms with Crippen molar-refractivity contribution in [2.75, 3.05) is 28.4 Å². The van der Waals surface area contributed by atoms with Crippen LogP contribution in [0.2, 0.25) is 0 Å². The van der Waals surface area contributed by atoms with E-state index < -0.39 is 57.4 Å². The molecule has 62 heavy (non-hydrogen) atoms. The van der Waals surface area contributed by atoms with E-state index in [0.717, 1.165) is 16.7 Å². The fourth-order valence-corrected chi connectivity index (χ4v) is 7.91. The second-order valence-electron chi connectivity index (χ2n) is 20.2. The fraction of sp³-hybridized carbons (Fsp3) is 0.462. The third-order valence-electron chi connectivity index (χ3n) is 11.4. The molecule has 0 saturated carbocycles. The molecule has 0 saturated heterocycles. The molecule has 5 rings (SSSR count). The van der Waals surface area contributed by atoms with Crippen LogP contribution in [0.4, 0.5) is 0 Å². The standard InChI is InChI=1S/C52H64O10/c1-27(53)61-47-37-23-30(50(6,7)8)21-35(44(37)58-16)41(55)33-19-29(49(3,4)5)20-34(43(33)57-15)42(56)36-22-31(51(9,10)11)24-38(45(36)59-17)48(62-28(2)54)40-26-32(52(12,13)14)25-39(47)46(40)60-18/h19-26,47-48H,1-18H3/t47-,48+. The van der Waals surface area contributed by atoms with Gasteiger partial charge in [0, 0.05) is 36.1 Å². The second kappa shape index (κ2) is 16.9. The van der Waals surface area contributed by atoms with Gasteiger partial charge in [0.05, 0.1) is 50.7 Å². The van der Waals surface area contributed by atoms with Gasteiger partial charge in [-0.2, -0.15) is 0 Å². The van der Waals surface area contributed by atoms with Gasteiger partial charge in [-0.1, -0.05) is 83.1 Å². The van der Waals surface area contributed by atoms with E-state index in [1.807, 2.05) is 107 Å². The van der Waals surface area contributed by atoms with Crippen molar-refractivity contribution >= 4 is 23.5 Å². The van der Waals surface area contributed by atoms with Crippen molar-refractivity contribution in [3.8, 4) is 23.0 Å². The lowest BCUT2D eigenvalue weighted by atomic mass is 9.78. The Balaban J connectivity index is 2.22. The molecule has 1 aliphatic carbocycles. The highest BCUT2D eigenvalue weighted by Crippen LogP contribution is 2.50. The molecular formula is C52H64O10. The Bertz CT molecular complexity index is 2300. The van der Waals surface area contributed by atoms with E-state index in [0.29, 0.717) is 27.8 Å². The largest absolute Gasteiger partial charge is 0.496 e. The Morgan fingerprint density at radius 3 is 0.855 bits per heavy atom. The van der Waals surface area contributed by atoms with Crippen LogP contribution in [-0.2, 0) is 40.7 Å². The van der Waals surface area contributed by atoms with Crippen LogP contribution in [0.3, 0.4) is 0 Å². The van der Waals surface area contributed by atoms with E-state index in [1.54, 1.807) is 24.3 Å². The number of carbonyl (C=O) groups excluding carboxylic acids is 4. The average molecular weight is 849 g/mol. The van der Waals surface area contributed by atoms with E-state index in [2.05, 4.69) is 0 Å². The Morgan fingerprint density at radius 2 is 0.613 bits per heavy atom. The van der Waals surface area contributed by atoms with Crippen molar-refractivity contribution in [3.63, 3.8) is 0 Å². The third-order valence-corrected chi connectivity index (χ3v) is 11.4. The molecule has 0 unspecified atom stereocenters. The quantitative estimate of drug-likeness (QED) is 0.173. The van der Waals surface area contributed by atoms with E-state index in [1.165, 1.54) is 42.3 Å². The summed E-state index contributed by atoms with van der Waals surface area (Å²) in [6.45, 7) is 26.9. The maximum atomic E-state index is 15.6. The van der Waals surface area contributed by atoms with Crippen molar-refractivity contribution in [2.24, 2.45) is 0 Å². The molecule has 0 aromatic heterocycles. The lowest BCUT2D eigenvalue weighted by molar-refractivity contribution is -0.145. The minimum absolute atomic E-state index is 0.0596. The minimum Gasteiger partial charge on any atom is -0.496 e. The first-order valence-corrected chi connectivity index (χ1v) is 20.9. The molecule has 0 heterocycles. The van der Waals surface area contributed by atoms with E-state index in [-0.39, 0.29) is 45.3 Å². The van der Waals surface area contributed by atoms with Gasteiger partial charge in [0.15, 0.2) is 12.2 Å². The molecule has 8 bridgehead atoms. The van der Waals surface area contributed by atoms with Crippen LogP contribution in [0.1, 0.15) is 185 Å².